The van der Waals surface area contributed by atoms with Crippen LogP contribution in [0.15, 0.2) is 39.8 Å². The quantitative estimate of drug-likeness (QED) is 0.658. The SMILES string of the molecule is Cc1noc(C)c1S(=O)(=O)N1CCCC(C(=O)NC(CN2CCCC2=O)c2ccccc2)C1. The minimum Gasteiger partial charge on any atom is -0.360 e. The molecule has 178 valence electrons. The van der Waals surface area contributed by atoms with E-state index in [0.29, 0.717) is 44.6 Å². The Kier molecular flexibility index (Phi) is 6.85. The van der Waals surface area contributed by atoms with Gasteiger partial charge >= 0.3 is 0 Å². The van der Waals surface area contributed by atoms with Crippen LogP contribution >= 0.6 is 0 Å². The lowest BCUT2D eigenvalue weighted by molar-refractivity contribution is -0.130. The van der Waals surface area contributed by atoms with Gasteiger partial charge in [0, 0.05) is 32.6 Å². The smallest absolute Gasteiger partial charge is 0.248 e. The Balaban J connectivity index is 1.49. The summed E-state index contributed by atoms with van der Waals surface area (Å²) in [5.74, 6) is -0.332. The van der Waals surface area contributed by atoms with E-state index in [2.05, 4.69) is 10.5 Å². The number of benzene rings is 1. The van der Waals surface area contributed by atoms with E-state index in [-0.39, 0.29) is 35.1 Å². The van der Waals surface area contributed by atoms with Crippen molar-refractivity contribution in [2.45, 2.75) is 50.5 Å². The lowest BCUT2D eigenvalue weighted by Gasteiger charge is -2.33. The topological polar surface area (TPSA) is 113 Å². The Hall–Kier alpha value is -2.72. The summed E-state index contributed by atoms with van der Waals surface area (Å²) in [6.07, 6.45) is 2.54. The number of rotatable bonds is 7. The highest BCUT2D eigenvalue weighted by Crippen LogP contribution is 2.28. The second-order valence-electron chi connectivity index (χ2n) is 8.77. The fourth-order valence-corrected chi connectivity index (χ4v) is 6.49. The first-order valence-electron chi connectivity index (χ1n) is 11.3. The van der Waals surface area contributed by atoms with Crippen LogP contribution in [0.5, 0.6) is 0 Å². The summed E-state index contributed by atoms with van der Waals surface area (Å²) in [5.41, 5.74) is 1.24. The number of likely N-dealkylation sites (tertiary alicyclic amines) is 1. The van der Waals surface area contributed by atoms with E-state index in [9.17, 15) is 18.0 Å². The molecule has 33 heavy (non-hydrogen) atoms. The number of carbonyl (C=O) groups is 2. The van der Waals surface area contributed by atoms with E-state index < -0.39 is 15.9 Å². The maximum Gasteiger partial charge on any atom is 0.248 e. The van der Waals surface area contributed by atoms with Gasteiger partial charge in [-0.3, -0.25) is 9.59 Å². The molecule has 2 atom stereocenters. The average Bonchev–Trinajstić information content (AvgIpc) is 3.38. The van der Waals surface area contributed by atoms with Gasteiger partial charge < -0.3 is 14.7 Å². The fourth-order valence-electron chi connectivity index (χ4n) is 4.67. The molecule has 2 fully saturated rings. The van der Waals surface area contributed by atoms with Crippen LogP contribution in [0, 0.1) is 19.8 Å². The molecule has 10 heteroatoms. The van der Waals surface area contributed by atoms with Crippen LogP contribution in [0.2, 0.25) is 0 Å². The molecule has 2 saturated heterocycles. The highest BCUT2D eigenvalue weighted by molar-refractivity contribution is 7.89. The maximum absolute atomic E-state index is 13.3. The molecule has 0 radical (unpaired) electrons. The van der Waals surface area contributed by atoms with Gasteiger partial charge in [-0.15, -0.1) is 0 Å². The first-order chi connectivity index (χ1) is 15.8. The number of carbonyl (C=O) groups excluding carboxylic acids is 2. The van der Waals surface area contributed by atoms with Crippen molar-refractivity contribution >= 4 is 21.8 Å². The first kappa shape index (κ1) is 23.4. The van der Waals surface area contributed by atoms with E-state index in [0.717, 1.165) is 12.0 Å². The molecule has 0 spiro atoms. The molecule has 4 rings (SSSR count). The third-order valence-corrected chi connectivity index (χ3v) is 8.52. The Labute approximate surface area is 194 Å². The number of aromatic nitrogens is 1. The molecular formula is C23H30N4O5S. The molecule has 2 aromatic rings. The average molecular weight is 475 g/mol. The molecule has 2 unspecified atom stereocenters. The number of piperidine rings is 1. The molecule has 1 N–H and O–H groups in total. The summed E-state index contributed by atoms with van der Waals surface area (Å²) in [6.45, 7) is 4.71. The summed E-state index contributed by atoms with van der Waals surface area (Å²) in [6, 6.07) is 9.22. The number of sulfonamides is 1. The summed E-state index contributed by atoms with van der Waals surface area (Å²) in [7, 11) is -3.81. The number of nitrogens with one attached hydrogen (secondary N) is 1. The van der Waals surface area contributed by atoms with Crippen molar-refractivity contribution in [3.8, 4) is 0 Å². The second-order valence-corrected chi connectivity index (χ2v) is 10.6. The van der Waals surface area contributed by atoms with Gasteiger partial charge in [0.1, 0.15) is 10.6 Å². The van der Waals surface area contributed by atoms with Gasteiger partial charge in [0.05, 0.1) is 12.0 Å². The van der Waals surface area contributed by atoms with Crippen LogP contribution < -0.4 is 5.32 Å². The minimum absolute atomic E-state index is 0.0817. The minimum atomic E-state index is -3.81. The predicted molar refractivity (Wildman–Crippen MR) is 121 cm³/mol. The van der Waals surface area contributed by atoms with Crippen LogP contribution in [0.3, 0.4) is 0 Å². The van der Waals surface area contributed by atoms with E-state index >= 15 is 0 Å². The largest absolute Gasteiger partial charge is 0.360 e. The predicted octanol–water partition coefficient (Wildman–Crippen LogP) is 2.17. The molecule has 1 aromatic heterocycles. The van der Waals surface area contributed by atoms with Crippen molar-refractivity contribution < 1.29 is 22.5 Å². The van der Waals surface area contributed by atoms with Crippen LogP contribution in [-0.4, -0.2) is 60.8 Å². The zero-order chi connectivity index (χ0) is 23.6. The van der Waals surface area contributed by atoms with Gasteiger partial charge in [0.25, 0.3) is 0 Å². The third-order valence-electron chi connectivity index (χ3n) is 6.41. The molecule has 3 heterocycles. The molecule has 2 amide bonds. The lowest BCUT2D eigenvalue weighted by Crippen LogP contribution is -2.47. The van der Waals surface area contributed by atoms with Gasteiger partial charge in [0.15, 0.2) is 5.76 Å². The van der Waals surface area contributed by atoms with Crippen molar-refractivity contribution in [1.29, 1.82) is 0 Å². The first-order valence-corrected chi connectivity index (χ1v) is 12.8. The summed E-state index contributed by atoms with van der Waals surface area (Å²) in [5, 5.41) is 6.86. The summed E-state index contributed by atoms with van der Waals surface area (Å²) in [4.78, 5) is 27.3. The van der Waals surface area contributed by atoms with Crippen molar-refractivity contribution in [3.63, 3.8) is 0 Å². The van der Waals surface area contributed by atoms with Gasteiger partial charge in [-0.25, -0.2) is 8.42 Å². The molecule has 9 nitrogen and oxygen atoms in total. The van der Waals surface area contributed by atoms with Crippen LogP contribution in [-0.2, 0) is 19.6 Å². The van der Waals surface area contributed by atoms with Crippen molar-refractivity contribution in [2.24, 2.45) is 5.92 Å². The van der Waals surface area contributed by atoms with Gasteiger partial charge in [-0.2, -0.15) is 4.31 Å². The molecule has 0 bridgehead atoms. The van der Waals surface area contributed by atoms with E-state index in [1.807, 2.05) is 30.3 Å². The number of amides is 2. The van der Waals surface area contributed by atoms with Crippen molar-refractivity contribution in [2.75, 3.05) is 26.2 Å². The maximum atomic E-state index is 13.3. The molecular weight excluding hydrogens is 444 g/mol. The van der Waals surface area contributed by atoms with Crippen molar-refractivity contribution in [3.05, 3.63) is 47.3 Å². The Morgan fingerprint density at radius 3 is 2.61 bits per heavy atom. The third kappa shape index (κ3) is 4.96. The lowest BCUT2D eigenvalue weighted by atomic mass is 9.97. The van der Waals surface area contributed by atoms with E-state index in [1.165, 1.54) is 4.31 Å². The fraction of sp³-hybridized carbons (Fsp3) is 0.522. The van der Waals surface area contributed by atoms with Gasteiger partial charge in [-0.05, 0) is 38.7 Å². The number of nitrogens with zero attached hydrogens (tertiary/aromatic N) is 3. The molecule has 0 aliphatic carbocycles. The molecule has 2 aliphatic rings. The van der Waals surface area contributed by atoms with E-state index in [1.54, 1.807) is 18.7 Å². The van der Waals surface area contributed by atoms with Crippen molar-refractivity contribution in [1.82, 2.24) is 19.7 Å². The number of aryl methyl sites for hydroxylation is 2. The highest BCUT2D eigenvalue weighted by atomic mass is 32.2. The summed E-state index contributed by atoms with van der Waals surface area (Å²) >= 11 is 0. The second kappa shape index (κ2) is 9.64. The molecule has 1 aromatic carbocycles. The molecule has 0 saturated carbocycles. The number of hydrogen-bond acceptors (Lipinski definition) is 6. The zero-order valence-corrected chi connectivity index (χ0v) is 19.8. The monoisotopic (exact) mass is 474 g/mol. The summed E-state index contributed by atoms with van der Waals surface area (Å²) < 4.78 is 32.8. The number of hydrogen-bond donors (Lipinski definition) is 1. The standard InChI is InChI=1S/C23H30N4O5S/c1-16-22(17(2)32-25-16)33(30,31)27-13-6-10-19(14-27)23(29)24-20(18-8-4-3-5-9-18)15-26-12-7-11-21(26)28/h3-5,8-9,19-20H,6-7,10-15H2,1-2H3,(H,24,29). The van der Waals surface area contributed by atoms with Crippen LogP contribution in [0.1, 0.15) is 48.7 Å². The highest BCUT2D eigenvalue weighted by Gasteiger charge is 2.37. The molecule has 2 aliphatic heterocycles. The van der Waals surface area contributed by atoms with Gasteiger partial charge in [0.2, 0.25) is 21.8 Å². The van der Waals surface area contributed by atoms with Gasteiger partial charge in [-0.1, -0.05) is 35.5 Å². The van der Waals surface area contributed by atoms with Crippen LogP contribution in [0.4, 0.5) is 0 Å². The van der Waals surface area contributed by atoms with Crippen LogP contribution in [0.25, 0.3) is 0 Å². The normalized spacial score (nSPS) is 20.7. The van der Waals surface area contributed by atoms with E-state index in [4.69, 9.17) is 4.52 Å². The Morgan fingerprint density at radius 2 is 1.97 bits per heavy atom. The Morgan fingerprint density at radius 1 is 1.21 bits per heavy atom. The zero-order valence-electron chi connectivity index (χ0n) is 19.0. The Bertz CT molecular complexity index is 1100.